The summed E-state index contributed by atoms with van der Waals surface area (Å²) in [5.74, 6) is 0.590. The van der Waals surface area contributed by atoms with E-state index < -0.39 is 17.7 Å². The first-order valence-electron chi connectivity index (χ1n) is 12.5. The number of rotatable bonds is 7. The first-order chi connectivity index (χ1) is 18.9. The molecule has 1 N–H and O–H groups in total. The number of ketones is 1. The van der Waals surface area contributed by atoms with Crippen molar-refractivity contribution < 1.29 is 33.6 Å². The zero-order chi connectivity index (χ0) is 27.7. The highest BCUT2D eigenvalue weighted by Gasteiger charge is 2.46. The third kappa shape index (κ3) is 4.71. The zero-order valence-corrected chi connectivity index (χ0v) is 22.3. The number of methoxy groups -OCH3 is 3. The van der Waals surface area contributed by atoms with Crippen LogP contribution < -0.4 is 23.8 Å². The fraction of sp³-hybridized carbons (Fsp3) is 0.267. The number of benzene rings is 3. The molecule has 39 heavy (non-hydrogen) atoms. The van der Waals surface area contributed by atoms with E-state index in [1.165, 1.54) is 12.0 Å². The number of nitrogens with zero attached hydrogens (tertiary/aromatic N) is 2. The van der Waals surface area contributed by atoms with Gasteiger partial charge in [0.2, 0.25) is 0 Å². The van der Waals surface area contributed by atoms with Gasteiger partial charge in [-0.05, 0) is 53.6 Å². The van der Waals surface area contributed by atoms with Crippen LogP contribution in [0.5, 0.6) is 23.0 Å². The second-order valence-corrected chi connectivity index (χ2v) is 9.35. The molecular weight excluding hydrogens is 500 g/mol. The smallest absolute Gasteiger partial charge is 0.295 e. The van der Waals surface area contributed by atoms with Crippen molar-refractivity contribution in [3.05, 3.63) is 82.9 Å². The molecule has 0 saturated carbocycles. The standard InChI is InChI=1S/C30H30N2O7/c1-31-12-13-39-23-11-9-20(16-22(23)31)28(33)26-27(19-6-5-7-21(15-19)36-2)32(30(35)29(26)34)17-18-8-10-24(37-3)25(14-18)38-4/h5-11,14-16,27,33H,12-13,17H2,1-4H3/b28-26-. The summed E-state index contributed by atoms with van der Waals surface area (Å²) in [6, 6.07) is 16.8. The van der Waals surface area contributed by atoms with Gasteiger partial charge >= 0.3 is 0 Å². The summed E-state index contributed by atoms with van der Waals surface area (Å²) in [6.07, 6.45) is 0. The summed E-state index contributed by atoms with van der Waals surface area (Å²) < 4.78 is 21.9. The maximum Gasteiger partial charge on any atom is 0.295 e. The highest BCUT2D eigenvalue weighted by atomic mass is 16.5. The number of Topliss-reactive ketones (excluding diaryl/α,β-unsaturated/α-hetero) is 1. The number of ether oxygens (including phenoxy) is 4. The van der Waals surface area contributed by atoms with E-state index in [-0.39, 0.29) is 17.9 Å². The Morgan fingerprint density at radius 2 is 1.77 bits per heavy atom. The lowest BCUT2D eigenvalue weighted by Crippen LogP contribution is -2.29. The average Bonchev–Trinajstić information content (AvgIpc) is 3.21. The molecule has 1 amide bonds. The van der Waals surface area contributed by atoms with Crippen molar-refractivity contribution >= 4 is 23.1 Å². The Bertz CT molecular complexity index is 1470. The molecule has 0 aromatic heterocycles. The van der Waals surface area contributed by atoms with Crippen LogP contribution >= 0.6 is 0 Å². The molecular formula is C30H30N2O7. The fourth-order valence-electron chi connectivity index (χ4n) is 5.03. The van der Waals surface area contributed by atoms with Crippen molar-refractivity contribution in [1.29, 1.82) is 0 Å². The maximum absolute atomic E-state index is 13.5. The van der Waals surface area contributed by atoms with Gasteiger partial charge in [-0.1, -0.05) is 18.2 Å². The van der Waals surface area contributed by atoms with Gasteiger partial charge in [0, 0.05) is 19.2 Å². The van der Waals surface area contributed by atoms with Crippen LogP contribution in [-0.2, 0) is 16.1 Å². The lowest BCUT2D eigenvalue weighted by Gasteiger charge is -2.28. The molecule has 5 rings (SSSR count). The van der Waals surface area contributed by atoms with Gasteiger partial charge in [0.1, 0.15) is 23.9 Å². The number of aliphatic hydroxyl groups is 1. The van der Waals surface area contributed by atoms with Gasteiger partial charge in [-0.15, -0.1) is 0 Å². The van der Waals surface area contributed by atoms with Crippen LogP contribution in [0.15, 0.2) is 66.2 Å². The molecule has 9 heteroatoms. The monoisotopic (exact) mass is 530 g/mol. The van der Waals surface area contributed by atoms with Gasteiger partial charge in [0.05, 0.1) is 45.2 Å². The molecule has 1 fully saturated rings. The summed E-state index contributed by atoms with van der Waals surface area (Å²) in [4.78, 5) is 30.5. The Labute approximate surface area is 226 Å². The van der Waals surface area contributed by atoms with Crippen molar-refractivity contribution in [1.82, 2.24) is 4.90 Å². The quantitative estimate of drug-likeness (QED) is 0.276. The minimum absolute atomic E-state index is 0.00746. The first kappa shape index (κ1) is 26.0. The maximum atomic E-state index is 13.5. The van der Waals surface area contributed by atoms with Gasteiger partial charge in [0.15, 0.2) is 11.5 Å². The molecule has 2 heterocycles. The average molecular weight is 531 g/mol. The van der Waals surface area contributed by atoms with Crippen molar-refractivity contribution in [2.75, 3.05) is 46.4 Å². The van der Waals surface area contributed by atoms with E-state index in [4.69, 9.17) is 18.9 Å². The third-order valence-electron chi connectivity index (χ3n) is 7.08. The van der Waals surface area contributed by atoms with Crippen molar-refractivity contribution in [2.24, 2.45) is 0 Å². The largest absolute Gasteiger partial charge is 0.507 e. The summed E-state index contributed by atoms with van der Waals surface area (Å²) >= 11 is 0. The van der Waals surface area contributed by atoms with Crippen LogP contribution in [0.25, 0.3) is 5.76 Å². The Hall–Kier alpha value is -4.66. The number of fused-ring (bicyclic) bond motifs is 1. The number of hydrogen-bond donors (Lipinski definition) is 1. The Kier molecular flexibility index (Phi) is 7.06. The SMILES string of the molecule is COc1cccc(C2/C(=C(/O)c3ccc4c(c3)N(C)CCO4)C(=O)C(=O)N2Cc2ccc(OC)c(OC)c2)c1. The number of carbonyl (C=O) groups is 2. The molecule has 0 radical (unpaired) electrons. The van der Waals surface area contributed by atoms with E-state index in [2.05, 4.69) is 0 Å². The van der Waals surface area contributed by atoms with E-state index in [9.17, 15) is 14.7 Å². The van der Waals surface area contributed by atoms with Crippen LogP contribution in [0.3, 0.4) is 0 Å². The molecule has 0 aliphatic carbocycles. The summed E-state index contributed by atoms with van der Waals surface area (Å²) in [5.41, 5.74) is 2.59. The molecule has 1 atom stereocenters. The van der Waals surface area contributed by atoms with Crippen molar-refractivity contribution in [2.45, 2.75) is 12.6 Å². The predicted octanol–water partition coefficient (Wildman–Crippen LogP) is 4.16. The van der Waals surface area contributed by atoms with Gasteiger partial charge in [-0.3, -0.25) is 9.59 Å². The molecule has 1 saturated heterocycles. The molecule has 0 spiro atoms. The Morgan fingerprint density at radius 1 is 0.974 bits per heavy atom. The summed E-state index contributed by atoms with van der Waals surface area (Å²) in [7, 11) is 6.56. The number of amides is 1. The van der Waals surface area contributed by atoms with E-state index in [0.717, 1.165) is 11.3 Å². The number of likely N-dealkylation sites (tertiary alicyclic amines) is 1. The molecule has 2 aliphatic rings. The number of carbonyl (C=O) groups excluding carboxylic acids is 2. The second-order valence-electron chi connectivity index (χ2n) is 9.35. The number of likely N-dealkylation sites (N-methyl/N-ethyl adjacent to an activating group) is 1. The van der Waals surface area contributed by atoms with Crippen molar-refractivity contribution in [3.63, 3.8) is 0 Å². The molecule has 2 aliphatic heterocycles. The van der Waals surface area contributed by atoms with E-state index in [0.29, 0.717) is 47.3 Å². The van der Waals surface area contributed by atoms with Gasteiger partial charge in [-0.25, -0.2) is 0 Å². The summed E-state index contributed by atoms with van der Waals surface area (Å²) in [5, 5.41) is 11.5. The van der Waals surface area contributed by atoms with E-state index in [1.54, 1.807) is 62.8 Å². The van der Waals surface area contributed by atoms with Crippen molar-refractivity contribution in [3.8, 4) is 23.0 Å². The van der Waals surface area contributed by atoms with Gasteiger partial charge < -0.3 is 33.9 Å². The van der Waals surface area contributed by atoms with E-state index in [1.807, 2.05) is 24.1 Å². The lowest BCUT2D eigenvalue weighted by atomic mass is 9.94. The predicted molar refractivity (Wildman–Crippen MR) is 146 cm³/mol. The zero-order valence-electron chi connectivity index (χ0n) is 22.3. The third-order valence-corrected chi connectivity index (χ3v) is 7.08. The minimum atomic E-state index is -0.849. The molecule has 0 bridgehead atoms. The Morgan fingerprint density at radius 3 is 2.51 bits per heavy atom. The van der Waals surface area contributed by atoms with Crippen LogP contribution in [0.1, 0.15) is 22.7 Å². The van der Waals surface area contributed by atoms with E-state index >= 15 is 0 Å². The van der Waals surface area contributed by atoms with Gasteiger partial charge in [-0.2, -0.15) is 0 Å². The highest BCUT2D eigenvalue weighted by Crippen LogP contribution is 2.43. The normalized spacial score (nSPS) is 18.0. The minimum Gasteiger partial charge on any atom is -0.507 e. The molecule has 1 unspecified atom stereocenters. The topological polar surface area (TPSA) is 97.8 Å². The summed E-state index contributed by atoms with van der Waals surface area (Å²) in [6.45, 7) is 1.35. The number of aliphatic hydroxyl groups excluding tert-OH is 1. The molecule has 3 aromatic rings. The lowest BCUT2D eigenvalue weighted by molar-refractivity contribution is -0.140. The highest BCUT2D eigenvalue weighted by molar-refractivity contribution is 6.46. The van der Waals surface area contributed by atoms with Crippen LogP contribution in [0.2, 0.25) is 0 Å². The molecule has 9 nitrogen and oxygen atoms in total. The van der Waals surface area contributed by atoms with Gasteiger partial charge in [0.25, 0.3) is 11.7 Å². The second kappa shape index (κ2) is 10.6. The number of anilines is 1. The van der Waals surface area contributed by atoms with Crippen LogP contribution in [-0.4, -0.2) is 63.2 Å². The number of hydrogen-bond acceptors (Lipinski definition) is 8. The Balaban J connectivity index is 1.63. The van der Waals surface area contributed by atoms with Crippen LogP contribution in [0, 0.1) is 0 Å². The fourth-order valence-corrected chi connectivity index (χ4v) is 5.03. The molecule has 202 valence electrons. The molecule has 3 aromatic carbocycles. The first-order valence-corrected chi connectivity index (χ1v) is 12.5. The van der Waals surface area contributed by atoms with Crippen LogP contribution in [0.4, 0.5) is 5.69 Å².